The van der Waals surface area contributed by atoms with Crippen molar-refractivity contribution in [3.05, 3.63) is 47.2 Å². The molecule has 0 amide bonds. The van der Waals surface area contributed by atoms with Crippen LogP contribution in [0.25, 0.3) is 0 Å². The van der Waals surface area contributed by atoms with E-state index in [1.165, 1.54) is 0 Å². The number of rotatable bonds is 2. The number of nitrogens with two attached hydrogens (primary N) is 1. The quantitative estimate of drug-likeness (QED) is 0.818. The van der Waals surface area contributed by atoms with Crippen molar-refractivity contribution < 1.29 is 4.74 Å². The summed E-state index contributed by atoms with van der Waals surface area (Å²) in [6.45, 7) is 3.76. The summed E-state index contributed by atoms with van der Waals surface area (Å²) in [6.07, 6.45) is 1.62. The van der Waals surface area contributed by atoms with Crippen molar-refractivity contribution in [2.45, 2.75) is 13.8 Å². The van der Waals surface area contributed by atoms with Crippen LogP contribution in [0.3, 0.4) is 0 Å². The molecule has 4 nitrogen and oxygen atoms in total. The van der Waals surface area contributed by atoms with E-state index in [1.54, 1.807) is 24.4 Å². The van der Waals surface area contributed by atoms with Crippen molar-refractivity contribution in [2.75, 3.05) is 5.73 Å². The van der Waals surface area contributed by atoms with Crippen LogP contribution in [0.2, 0.25) is 0 Å². The Morgan fingerprint density at radius 3 is 2.72 bits per heavy atom. The number of hydrogen-bond donors (Lipinski definition) is 1. The van der Waals surface area contributed by atoms with Crippen molar-refractivity contribution in [1.82, 2.24) is 4.98 Å². The number of aromatic nitrogens is 1. The molecule has 1 aromatic heterocycles. The van der Waals surface area contributed by atoms with Crippen LogP contribution in [0, 0.1) is 25.2 Å². The topological polar surface area (TPSA) is 71.9 Å². The molecule has 0 fully saturated rings. The summed E-state index contributed by atoms with van der Waals surface area (Å²) in [7, 11) is 0. The second-order valence-electron chi connectivity index (χ2n) is 4.05. The molecule has 0 saturated carbocycles. The standard InChI is InChI=1S/C14H13N3O/c1-9-5-6-17-14(12(9)8-15)18-13-7-11(16)4-3-10(13)2/h3-7H,16H2,1-2H3. The summed E-state index contributed by atoms with van der Waals surface area (Å²) in [6, 6.07) is 9.27. The Kier molecular flexibility index (Phi) is 3.16. The number of benzene rings is 1. The first-order valence-electron chi connectivity index (χ1n) is 5.51. The van der Waals surface area contributed by atoms with Crippen molar-refractivity contribution in [2.24, 2.45) is 0 Å². The van der Waals surface area contributed by atoms with E-state index < -0.39 is 0 Å². The number of aryl methyl sites for hydroxylation is 2. The molecule has 2 aromatic rings. The Hall–Kier alpha value is -2.54. The number of hydrogen-bond acceptors (Lipinski definition) is 4. The predicted octanol–water partition coefficient (Wildman–Crippen LogP) is 2.94. The Morgan fingerprint density at radius 1 is 1.22 bits per heavy atom. The average Bonchev–Trinajstić information content (AvgIpc) is 2.34. The largest absolute Gasteiger partial charge is 0.437 e. The van der Waals surface area contributed by atoms with E-state index in [0.717, 1.165) is 11.1 Å². The summed E-state index contributed by atoms with van der Waals surface area (Å²) >= 11 is 0. The smallest absolute Gasteiger partial charge is 0.237 e. The zero-order valence-corrected chi connectivity index (χ0v) is 10.3. The molecule has 0 aliphatic rings. The lowest BCUT2D eigenvalue weighted by molar-refractivity contribution is 0.457. The highest BCUT2D eigenvalue weighted by Crippen LogP contribution is 2.28. The highest BCUT2D eigenvalue weighted by molar-refractivity contribution is 5.51. The molecule has 0 unspecified atom stereocenters. The number of anilines is 1. The Bertz CT molecular complexity index is 629. The zero-order chi connectivity index (χ0) is 13.1. The van der Waals surface area contributed by atoms with Crippen molar-refractivity contribution in [3.8, 4) is 17.7 Å². The van der Waals surface area contributed by atoms with Crippen LogP contribution in [-0.2, 0) is 0 Å². The first-order chi connectivity index (χ1) is 8.61. The number of pyridine rings is 1. The molecule has 2 N–H and O–H groups in total. The second-order valence-corrected chi connectivity index (χ2v) is 4.05. The van der Waals surface area contributed by atoms with Crippen molar-refractivity contribution in [3.63, 3.8) is 0 Å². The third-order valence-corrected chi connectivity index (χ3v) is 2.66. The average molecular weight is 239 g/mol. The molecule has 18 heavy (non-hydrogen) atoms. The zero-order valence-electron chi connectivity index (χ0n) is 10.3. The minimum atomic E-state index is 0.311. The minimum absolute atomic E-state index is 0.311. The van der Waals surface area contributed by atoms with Crippen LogP contribution in [0.4, 0.5) is 5.69 Å². The van der Waals surface area contributed by atoms with Gasteiger partial charge in [0.05, 0.1) is 0 Å². The number of ether oxygens (including phenoxy) is 1. The van der Waals surface area contributed by atoms with E-state index in [4.69, 9.17) is 15.7 Å². The fraction of sp³-hybridized carbons (Fsp3) is 0.143. The summed E-state index contributed by atoms with van der Waals surface area (Å²) in [5.41, 5.74) is 8.55. The van der Waals surface area contributed by atoms with Crippen LogP contribution in [0.15, 0.2) is 30.5 Å². The van der Waals surface area contributed by atoms with Crippen LogP contribution in [0.5, 0.6) is 11.6 Å². The van der Waals surface area contributed by atoms with Crippen LogP contribution >= 0.6 is 0 Å². The summed E-state index contributed by atoms with van der Waals surface area (Å²) in [4.78, 5) is 4.09. The molecule has 0 aliphatic heterocycles. The van der Waals surface area contributed by atoms with E-state index in [-0.39, 0.29) is 0 Å². The molecule has 0 atom stereocenters. The summed E-state index contributed by atoms with van der Waals surface area (Å²) in [5.74, 6) is 0.927. The van der Waals surface area contributed by atoms with Gasteiger partial charge in [-0.1, -0.05) is 6.07 Å². The molecule has 0 bridgehead atoms. The fourth-order valence-corrected chi connectivity index (χ4v) is 1.58. The first kappa shape index (κ1) is 11.9. The predicted molar refractivity (Wildman–Crippen MR) is 69.4 cm³/mol. The molecule has 1 aromatic carbocycles. The summed E-state index contributed by atoms with van der Waals surface area (Å²) in [5, 5.41) is 9.11. The second kappa shape index (κ2) is 4.76. The van der Waals surface area contributed by atoms with Gasteiger partial charge in [0.25, 0.3) is 0 Å². The number of nitriles is 1. The van der Waals surface area contributed by atoms with Crippen molar-refractivity contribution >= 4 is 5.69 Å². The first-order valence-corrected chi connectivity index (χ1v) is 5.51. The maximum absolute atomic E-state index is 9.11. The van der Waals surface area contributed by atoms with E-state index in [2.05, 4.69) is 11.1 Å². The third kappa shape index (κ3) is 2.25. The molecule has 0 spiro atoms. The monoisotopic (exact) mass is 239 g/mol. The highest BCUT2D eigenvalue weighted by Gasteiger charge is 2.10. The summed E-state index contributed by atoms with van der Waals surface area (Å²) < 4.78 is 5.68. The van der Waals surface area contributed by atoms with Gasteiger partial charge in [0, 0.05) is 18.0 Å². The van der Waals surface area contributed by atoms with E-state index in [9.17, 15) is 0 Å². The molecule has 90 valence electrons. The van der Waals surface area contributed by atoms with Crippen LogP contribution in [0.1, 0.15) is 16.7 Å². The lowest BCUT2D eigenvalue weighted by Gasteiger charge is -2.10. The van der Waals surface area contributed by atoms with Gasteiger partial charge >= 0.3 is 0 Å². The lowest BCUT2D eigenvalue weighted by atomic mass is 10.1. The van der Waals surface area contributed by atoms with E-state index in [1.807, 2.05) is 19.9 Å². The molecule has 0 radical (unpaired) electrons. The van der Waals surface area contributed by atoms with Crippen molar-refractivity contribution in [1.29, 1.82) is 5.26 Å². The molecule has 2 rings (SSSR count). The van der Waals surface area contributed by atoms with Gasteiger partial charge in [-0.15, -0.1) is 0 Å². The fourth-order valence-electron chi connectivity index (χ4n) is 1.58. The maximum atomic E-state index is 9.11. The Balaban J connectivity index is 2.44. The van der Waals surface area contributed by atoms with Gasteiger partial charge in [0.2, 0.25) is 5.88 Å². The van der Waals surface area contributed by atoms with Gasteiger partial charge in [-0.25, -0.2) is 4.98 Å². The number of nitrogen functional groups attached to an aromatic ring is 1. The molecular formula is C14H13N3O. The van der Waals surface area contributed by atoms with Gasteiger partial charge in [-0.3, -0.25) is 0 Å². The van der Waals surface area contributed by atoms with Crippen LogP contribution in [-0.4, -0.2) is 4.98 Å². The lowest BCUT2D eigenvalue weighted by Crippen LogP contribution is -1.96. The van der Waals surface area contributed by atoms with Gasteiger partial charge in [-0.05, 0) is 37.1 Å². The normalized spacial score (nSPS) is 9.83. The van der Waals surface area contributed by atoms with Gasteiger partial charge < -0.3 is 10.5 Å². The molecular weight excluding hydrogens is 226 g/mol. The van der Waals surface area contributed by atoms with E-state index in [0.29, 0.717) is 22.9 Å². The highest BCUT2D eigenvalue weighted by atomic mass is 16.5. The Labute approximate surface area is 106 Å². The molecule has 1 heterocycles. The third-order valence-electron chi connectivity index (χ3n) is 2.66. The molecule has 4 heteroatoms. The Morgan fingerprint density at radius 2 is 2.00 bits per heavy atom. The van der Waals surface area contributed by atoms with Gasteiger partial charge in [0.15, 0.2) is 0 Å². The van der Waals surface area contributed by atoms with E-state index >= 15 is 0 Å². The molecule has 0 aliphatic carbocycles. The number of nitrogens with zero attached hydrogens (tertiary/aromatic N) is 2. The van der Waals surface area contributed by atoms with Gasteiger partial charge in [0.1, 0.15) is 17.4 Å². The molecule has 0 saturated heterocycles. The maximum Gasteiger partial charge on any atom is 0.237 e. The SMILES string of the molecule is Cc1ccc(N)cc1Oc1nccc(C)c1C#N. The minimum Gasteiger partial charge on any atom is -0.437 e. The van der Waals surface area contributed by atoms with Crippen LogP contribution < -0.4 is 10.5 Å². The van der Waals surface area contributed by atoms with Gasteiger partial charge in [-0.2, -0.15) is 5.26 Å².